The molecule has 102 valence electrons. The van der Waals surface area contributed by atoms with Gasteiger partial charge >= 0.3 is 0 Å². The summed E-state index contributed by atoms with van der Waals surface area (Å²) in [4.78, 5) is 0. The third kappa shape index (κ3) is 5.36. The summed E-state index contributed by atoms with van der Waals surface area (Å²) in [6, 6.07) is 8.51. The Morgan fingerprint density at radius 1 is 1.44 bits per heavy atom. The van der Waals surface area contributed by atoms with Gasteiger partial charge in [-0.3, -0.25) is 0 Å². The Morgan fingerprint density at radius 2 is 2.22 bits per heavy atom. The number of methoxy groups -OCH3 is 1. The summed E-state index contributed by atoms with van der Waals surface area (Å²) in [5.74, 6) is 0. The van der Waals surface area contributed by atoms with Crippen LogP contribution in [0, 0.1) is 0 Å². The van der Waals surface area contributed by atoms with Crippen LogP contribution in [0.3, 0.4) is 0 Å². The number of nitrogens with one attached hydrogen (secondary N) is 1. The molecular formula is C14H23ClN2O. The van der Waals surface area contributed by atoms with Crippen LogP contribution in [0.2, 0.25) is 5.02 Å². The number of hydrogen-bond donors (Lipinski definition) is 2. The lowest BCUT2D eigenvalue weighted by atomic mass is 10.1. The smallest absolute Gasteiger partial charge is 0.0616 e. The normalized spacial score (nSPS) is 14.4. The van der Waals surface area contributed by atoms with Crippen LogP contribution in [0.4, 0.5) is 0 Å². The van der Waals surface area contributed by atoms with Crippen molar-refractivity contribution in [3.63, 3.8) is 0 Å². The van der Waals surface area contributed by atoms with E-state index in [1.807, 2.05) is 18.2 Å². The first kappa shape index (κ1) is 15.4. The van der Waals surface area contributed by atoms with E-state index in [0.717, 1.165) is 17.9 Å². The van der Waals surface area contributed by atoms with E-state index in [0.29, 0.717) is 19.2 Å². The van der Waals surface area contributed by atoms with Crippen molar-refractivity contribution < 1.29 is 4.74 Å². The average molecular weight is 271 g/mol. The fourth-order valence-electron chi connectivity index (χ4n) is 2.01. The third-order valence-electron chi connectivity index (χ3n) is 2.96. The highest BCUT2D eigenvalue weighted by atomic mass is 35.5. The Labute approximate surface area is 115 Å². The lowest BCUT2D eigenvalue weighted by Gasteiger charge is -2.23. The fourth-order valence-corrected chi connectivity index (χ4v) is 2.20. The van der Waals surface area contributed by atoms with E-state index < -0.39 is 0 Å². The molecule has 2 atom stereocenters. The van der Waals surface area contributed by atoms with E-state index in [9.17, 15) is 0 Å². The lowest BCUT2D eigenvalue weighted by Crippen LogP contribution is -2.35. The van der Waals surface area contributed by atoms with Gasteiger partial charge in [-0.05, 0) is 44.0 Å². The van der Waals surface area contributed by atoms with E-state index in [1.54, 1.807) is 7.11 Å². The summed E-state index contributed by atoms with van der Waals surface area (Å²) < 4.78 is 5.23. The summed E-state index contributed by atoms with van der Waals surface area (Å²) >= 11 is 6.00. The van der Waals surface area contributed by atoms with Crippen LogP contribution in [-0.2, 0) is 4.74 Å². The van der Waals surface area contributed by atoms with Crippen LogP contribution < -0.4 is 11.1 Å². The van der Waals surface area contributed by atoms with E-state index >= 15 is 0 Å². The highest BCUT2D eigenvalue weighted by molar-refractivity contribution is 6.30. The summed E-state index contributed by atoms with van der Waals surface area (Å²) in [6.07, 6.45) is 2.03. The van der Waals surface area contributed by atoms with Gasteiger partial charge in [-0.1, -0.05) is 23.7 Å². The molecule has 0 aliphatic heterocycles. The number of benzene rings is 1. The fraction of sp³-hybridized carbons (Fsp3) is 0.571. The summed E-state index contributed by atoms with van der Waals surface area (Å²) in [6.45, 7) is 3.55. The highest BCUT2D eigenvalue weighted by Gasteiger charge is 2.13. The molecule has 1 aromatic rings. The van der Waals surface area contributed by atoms with Gasteiger partial charge in [0, 0.05) is 24.2 Å². The Bertz CT molecular complexity index is 346. The number of hydrogen-bond acceptors (Lipinski definition) is 3. The average Bonchev–Trinajstić information content (AvgIpc) is 2.36. The molecular weight excluding hydrogens is 248 g/mol. The van der Waals surface area contributed by atoms with E-state index in [1.165, 1.54) is 5.56 Å². The maximum atomic E-state index is 6.00. The SMILES string of the molecule is COCC(CCCN)N[C@@H](C)c1cccc(Cl)c1. The van der Waals surface area contributed by atoms with Crippen LogP contribution in [0.15, 0.2) is 24.3 Å². The number of ether oxygens (including phenoxy) is 1. The number of halogens is 1. The quantitative estimate of drug-likeness (QED) is 0.764. The molecule has 0 aliphatic rings. The van der Waals surface area contributed by atoms with Gasteiger partial charge in [0.25, 0.3) is 0 Å². The Kier molecular flexibility index (Phi) is 7.28. The molecule has 0 saturated carbocycles. The van der Waals surface area contributed by atoms with Crippen molar-refractivity contribution in [1.29, 1.82) is 0 Å². The van der Waals surface area contributed by atoms with Gasteiger partial charge in [0.1, 0.15) is 0 Å². The molecule has 0 aliphatic carbocycles. The van der Waals surface area contributed by atoms with Crippen LogP contribution in [0.1, 0.15) is 31.4 Å². The molecule has 0 amide bonds. The monoisotopic (exact) mass is 270 g/mol. The number of rotatable bonds is 8. The second kappa shape index (κ2) is 8.48. The van der Waals surface area contributed by atoms with Gasteiger partial charge in [-0.15, -0.1) is 0 Å². The second-order valence-electron chi connectivity index (χ2n) is 4.53. The van der Waals surface area contributed by atoms with Crippen LogP contribution in [0.25, 0.3) is 0 Å². The first-order valence-electron chi connectivity index (χ1n) is 6.38. The minimum absolute atomic E-state index is 0.252. The summed E-state index contributed by atoms with van der Waals surface area (Å²) in [5, 5.41) is 4.33. The molecule has 4 heteroatoms. The Morgan fingerprint density at radius 3 is 2.83 bits per heavy atom. The minimum Gasteiger partial charge on any atom is -0.383 e. The molecule has 3 nitrogen and oxygen atoms in total. The van der Waals surface area contributed by atoms with Gasteiger partial charge in [-0.2, -0.15) is 0 Å². The first-order chi connectivity index (χ1) is 8.67. The molecule has 3 N–H and O–H groups in total. The van der Waals surface area contributed by atoms with E-state index in [-0.39, 0.29) is 6.04 Å². The van der Waals surface area contributed by atoms with Gasteiger partial charge in [0.2, 0.25) is 0 Å². The molecule has 0 heterocycles. The zero-order valence-corrected chi connectivity index (χ0v) is 11.9. The molecule has 18 heavy (non-hydrogen) atoms. The molecule has 0 bridgehead atoms. The molecule has 1 rings (SSSR count). The van der Waals surface area contributed by atoms with Gasteiger partial charge in [0.05, 0.1) is 6.61 Å². The van der Waals surface area contributed by atoms with Gasteiger partial charge < -0.3 is 15.8 Å². The summed E-state index contributed by atoms with van der Waals surface area (Å²) in [7, 11) is 1.72. The lowest BCUT2D eigenvalue weighted by molar-refractivity contribution is 0.156. The molecule has 0 saturated heterocycles. The third-order valence-corrected chi connectivity index (χ3v) is 3.19. The van der Waals surface area contributed by atoms with Crippen molar-refractivity contribution in [2.24, 2.45) is 5.73 Å². The van der Waals surface area contributed by atoms with Crippen molar-refractivity contribution in [1.82, 2.24) is 5.32 Å². The molecule has 0 radical (unpaired) electrons. The predicted molar refractivity (Wildman–Crippen MR) is 77.0 cm³/mol. The van der Waals surface area contributed by atoms with Crippen molar-refractivity contribution in [3.05, 3.63) is 34.9 Å². The van der Waals surface area contributed by atoms with Crippen molar-refractivity contribution in [3.8, 4) is 0 Å². The molecule has 1 unspecified atom stereocenters. The molecule has 0 aromatic heterocycles. The highest BCUT2D eigenvalue weighted by Crippen LogP contribution is 2.18. The van der Waals surface area contributed by atoms with Gasteiger partial charge in [0.15, 0.2) is 0 Å². The van der Waals surface area contributed by atoms with Crippen LogP contribution in [-0.4, -0.2) is 26.3 Å². The molecule has 0 spiro atoms. The maximum Gasteiger partial charge on any atom is 0.0616 e. The maximum absolute atomic E-state index is 6.00. The second-order valence-corrected chi connectivity index (χ2v) is 4.96. The zero-order valence-electron chi connectivity index (χ0n) is 11.2. The van der Waals surface area contributed by atoms with Crippen LogP contribution >= 0.6 is 11.6 Å². The first-order valence-corrected chi connectivity index (χ1v) is 6.75. The topological polar surface area (TPSA) is 47.3 Å². The van der Waals surface area contributed by atoms with Gasteiger partial charge in [-0.25, -0.2) is 0 Å². The Balaban J connectivity index is 2.56. The van der Waals surface area contributed by atoms with E-state index in [2.05, 4.69) is 18.3 Å². The number of nitrogens with two attached hydrogens (primary N) is 1. The predicted octanol–water partition coefficient (Wildman–Crippen LogP) is 2.74. The zero-order chi connectivity index (χ0) is 13.4. The Hall–Kier alpha value is -0.610. The van der Waals surface area contributed by atoms with Crippen molar-refractivity contribution in [2.75, 3.05) is 20.3 Å². The van der Waals surface area contributed by atoms with E-state index in [4.69, 9.17) is 22.1 Å². The molecule has 0 fully saturated rings. The summed E-state index contributed by atoms with van der Waals surface area (Å²) in [5.41, 5.74) is 6.74. The van der Waals surface area contributed by atoms with Crippen molar-refractivity contribution in [2.45, 2.75) is 31.8 Å². The largest absolute Gasteiger partial charge is 0.383 e. The van der Waals surface area contributed by atoms with Crippen molar-refractivity contribution >= 4 is 11.6 Å². The molecule has 1 aromatic carbocycles. The standard InChI is InChI=1S/C14H23ClN2O/c1-11(12-5-3-6-13(15)9-12)17-14(10-18-2)7-4-8-16/h3,5-6,9,11,14,17H,4,7-8,10,16H2,1-2H3/t11-,14?/m0/s1. The van der Waals surface area contributed by atoms with Crippen LogP contribution in [0.5, 0.6) is 0 Å². The minimum atomic E-state index is 0.252.